The number of thiazole rings is 1. The van der Waals surface area contributed by atoms with Crippen LogP contribution in [-0.4, -0.2) is 9.97 Å². The van der Waals surface area contributed by atoms with E-state index in [-0.39, 0.29) is 0 Å². The Morgan fingerprint density at radius 3 is 2.42 bits per heavy atom. The molecule has 24 heavy (non-hydrogen) atoms. The first-order chi connectivity index (χ1) is 11.7. The van der Waals surface area contributed by atoms with Gasteiger partial charge in [0.15, 0.2) is 12.0 Å². The van der Waals surface area contributed by atoms with Crippen LogP contribution in [0.2, 0.25) is 0 Å². The SMILES string of the molecule is CC(CCC(C)c1cccc2scnc12)c1cccc2ocnc12. The summed E-state index contributed by atoms with van der Waals surface area (Å²) in [6.45, 7) is 4.58. The summed E-state index contributed by atoms with van der Waals surface area (Å²) in [5, 5.41) is 0. The molecule has 0 radical (unpaired) electrons. The highest BCUT2D eigenvalue weighted by Gasteiger charge is 2.16. The standard InChI is InChI=1S/C20H20N2OS/c1-13(15-5-3-7-17-19(15)21-11-23-17)9-10-14(2)16-6-4-8-18-20(16)22-12-24-18/h3-8,11-14H,9-10H2,1-2H3. The van der Waals surface area contributed by atoms with Gasteiger partial charge in [-0.3, -0.25) is 0 Å². The number of rotatable bonds is 5. The first-order valence-corrected chi connectivity index (χ1v) is 9.26. The molecule has 0 aliphatic rings. The average Bonchev–Trinajstić information content (AvgIpc) is 3.27. The molecule has 122 valence electrons. The first-order valence-electron chi connectivity index (χ1n) is 8.38. The summed E-state index contributed by atoms with van der Waals surface area (Å²) in [5.74, 6) is 0.950. The molecular formula is C20H20N2OS. The zero-order chi connectivity index (χ0) is 16.5. The van der Waals surface area contributed by atoms with E-state index in [1.54, 1.807) is 11.3 Å². The molecule has 0 spiro atoms. The molecule has 0 fully saturated rings. The number of hydrogen-bond donors (Lipinski definition) is 0. The van der Waals surface area contributed by atoms with Crippen LogP contribution in [0.5, 0.6) is 0 Å². The molecule has 0 aliphatic heterocycles. The van der Waals surface area contributed by atoms with E-state index in [0.29, 0.717) is 11.8 Å². The van der Waals surface area contributed by atoms with Gasteiger partial charge in [-0.05, 0) is 47.9 Å². The first kappa shape index (κ1) is 15.3. The normalized spacial score (nSPS) is 14.2. The molecule has 4 rings (SSSR count). The van der Waals surface area contributed by atoms with Crippen LogP contribution >= 0.6 is 11.3 Å². The molecule has 0 saturated heterocycles. The minimum Gasteiger partial charge on any atom is -0.443 e. The van der Waals surface area contributed by atoms with E-state index in [1.807, 2.05) is 11.6 Å². The number of aromatic nitrogens is 2. The Morgan fingerprint density at radius 2 is 1.62 bits per heavy atom. The molecule has 2 unspecified atom stereocenters. The Hall–Kier alpha value is -2.20. The number of benzene rings is 2. The van der Waals surface area contributed by atoms with Gasteiger partial charge < -0.3 is 4.42 Å². The average molecular weight is 336 g/mol. The smallest absolute Gasteiger partial charge is 0.181 e. The van der Waals surface area contributed by atoms with Crippen molar-refractivity contribution >= 4 is 32.7 Å². The Bertz CT molecular complexity index is 892. The second kappa shape index (κ2) is 6.36. The van der Waals surface area contributed by atoms with Crippen LogP contribution in [0.3, 0.4) is 0 Å². The highest BCUT2D eigenvalue weighted by atomic mass is 32.1. The molecule has 2 aromatic heterocycles. The number of para-hydroxylation sites is 2. The molecule has 2 atom stereocenters. The van der Waals surface area contributed by atoms with E-state index in [4.69, 9.17) is 4.42 Å². The summed E-state index contributed by atoms with van der Waals surface area (Å²) in [5.41, 5.74) is 7.62. The van der Waals surface area contributed by atoms with Crippen LogP contribution in [0.1, 0.15) is 49.7 Å². The molecule has 2 aromatic carbocycles. The lowest BCUT2D eigenvalue weighted by atomic mass is 9.88. The molecule has 4 aromatic rings. The van der Waals surface area contributed by atoms with Crippen molar-refractivity contribution in [1.82, 2.24) is 9.97 Å². The lowest BCUT2D eigenvalue weighted by Crippen LogP contribution is -2.00. The summed E-state index contributed by atoms with van der Waals surface area (Å²) in [4.78, 5) is 8.94. The molecule has 0 N–H and O–H groups in total. The van der Waals surface area contributed by atoms with Gasteiger partial charge in [0.2, 0.25) is 0 Å². The molecule has 0 amide bonds. The van der Waals surface area contributed by atoms with Crippen molar-refractivity contribution in [3.8, 4) is 0 Å². The molecule has 0 saturated carbocycles. The minimum absolute atomic E-state index is 0.455. The third-order valence-electron chi connectivity index (χ3n) is 4.88. The van der Waals surface area contributed by atoms with Crippen LogP contribution in [0.4, 0.5) is 0 Å². The summed E-state index contributed by atoms with van der Waals surface area (Å²) in [6.07, 6.45) is 3.78. The van der Waals surface area contributed by atoms with Crippen molar-refractivity contribution in [3.05, 3.63) is 59.4 Å². The lowest BCUT2D eigenvalue weighted by molar-refractivity contribution is 0.577. The van der Waals surface area contributed by atoms with E-state index in [0.717, 1.165) is 23.9 Å². The maximum absolute atomic E-state index is 5.42. The summed E-state index contributed by atoms with van der Waals surface area (Å²) >= 11 is 1.71. The number of nitrogens with zero attached hydrogens (tertiary/aromatic N) is 2. The third kappa shape index (κ3) is 2.71. The fraction of sp³-hybridized carbons (Fsp3) is 0.300. The van der Waals surface area contributed by atoms with Crippen molar-refractivity contribution in [1.29, 1.82) is 0 Å². The minimum atomic E-state index is 0.455. The Morgan fingerprint density at radius 1 is 0.917 bits per heavy atom. The van der Waals surface area contributed by atoms with E-state index in [2.05, 4.69) is 54.1 Å². The summed E-state index contributed by atoms with van der Waals surface area (Å²) in [7, 11) is 0. The van der Waals surface area contributed by atoms with E-state index in [9.17, 15) is 0 Å². The van der Waals surface area contributed by atoms with Crippen molar-refractivity contribution < 1.29 is 4.42 Å². The Balaban J connectivity index is 1.52. The van der Waals surface area contributed by atoms with E-state index in [1.165, 1.54) is 27.7 Å². The van der Waals surface area contributed by atoms with E-state index < -0.39 is 0 Å². The van der Waals surface area contributed by atoms with Crippen molar-refractivity contribution in [3.63, 3.8) is 0 Å². The number of fused-ring (bicyclic) bond motifs is 2. The Labute approximate surface area is 145 Å². The summed E-state index contributed by atoms with van der Waals surface area (Å²) in [6, 6.07) is 12.7. The van der Waals surface area contributed by atoms with Gasteiger partial charge in [-0.25, -0.2) is 9.97 Å². The highest BCUT2D eigenvalue weighted by molar-refractivity contribution is 7.16. The molecular weight excluding hydrogens is 316 g/mol. The molecule has 0 aliphatic carbocycles. The van der Waals surface area contributed by atoms with Crippen LogP contribution in [-0.2, 0) is 0 Å². The van der Waals surface area contributed by atoms with Gasteiger partial charge in [-0.2, -0.15) is 0 Å². The second-order valence-electron chi connectivity index (χ2n) is 6.47. The van der Waals surface area contributed by atoms with Gasteiger partial charge in [0.1, 0.15) is 5.52 Å². The fourth-order valence-corrected chi connectivity index (χ4v) is 4.13. The second-order valence-corrected chi connectivity index (χ2v) is 7.36. The zero-order valence-corrected chi connectivity index (χ0v) is 14.7. The van der Waals surface area contributed by atoms with Gasteiger partial charge in [0.25, 0.3) is 0 Å². The molecule has 2 heterocycles. The highest BCUT2D eigenvalue weighted by Crippen LogP contribution is 2.33. The largest absolute Gasteiger partial charge is 0.443 e. The zero-order valence-electron chi connectivity index (χ0n) is 13.9. The number of hydrogen-bond acceptors (Lipinski definition) is 4. The predicted molar refractivity (Wildman–Crippen MR) is 99.7 cm³/mol. The van der Waals surface area contributed by atoms with E-state index >= 15 is 0 Å². The molecule has 4 heteroatoms. The van der Waals surface area contributed by atoms with Crippen molar-refractivity contribution in [2.45, 2.75) is 38.5 Å². The third-order valence-corrected chi connectivity index (χ3v) is 5.67. The molecule has 3 nitrogen and oxygen atoms in total. The number of oxazole rings is 1. The monoisotopic (exact) mass is 336 g/mol. The van der Waals surface area contributed by atoms with Crippen molar-refractivity contribution in [2.75, 3.05) is 0 Å². The van der Waals surface area contributed by atoms with Crippen LogP contribution < -0.4 is 0 Å². The van der Waals surface area contributed by atoms with Crippen LogP contribution in [0.15, 0.2) is 52.7 Å². The maximum Gasteiger partial charge on any atom is 0.181 e. The maximum atomic E-state index is 5.42. The molecule has 0 bridgehead atoms. The Kier molecular flexibility index (Phi) is 4.07. The van der Waals surface area contributed by atoms with Gasteiger partial charge in [-0.1, -0.05) is 38.1 Å². The van der Waals surface area contributed by atoms with Gasteiger partial charge in [0, 0.05) is 0 Å². The predicted octanol–water partition coefficient (Wildman–Crippen LogP) is 6.12. The van der Waals surface area contributed by atoms with Gasteiger partial charge in [0.05, 0.1) is 15.7 Å². The van der Waals surface area contributed by atoms with Crippen LogP contribution in [0.25, 0.3) is 21.3 Å². The fourth-order valence-electron chi connectivity index (χ4n) is 3.42. The summed E-state index contributed by atoms with van der Waals surface area (Å²) < 4.78 is 6.70. The van der Waals surface area contributed by atoms with Crippen LogP contribution in [0, 0.1) is 0 Å². The quantitative estimate of drug-likeness (QED) is 0.440. The van der Waals surface area contributed by atoms with Gasteiger partial charge in [-0.15, -0.1) is 11.3 Å². The topological polar surface area (TPSA) is 38.9 Å². The lowest BCUT2D eigenvalue weighted by Gasteiger charge is -2.17. The van der Waals surface area contributed by atoms with Crippen molar-refractivity contribution in [2.24, 2.45) is 0 Å². The van der Waals surface area contributed by atoms with Gasteiger partial charge >= 0.3 is 0 Å².